The van der Waals surface area contributed by atoms with Gasteiger partial charge < -0.3 is 15.1 Å². The number of fused-ring (bicyclic) bond motifs is 1. The Morgan fingerprint density at radius 2 is 2.12 bits per heavy atom. The molecule has 0 saturated heterocycles. The quantitative estimate of drug-likeness (QED) is 0.699. The first-order valence-electron chi connectivity index (χ1n) is 7.96. The Morgan fingerprint density at radius 1 is 1.28 bits per heavy atom. The fourth-order valence-corrected chi connectivity index (χ4v) is 2.70. The van der Waals surface area contributed by atoms with Crippen LogP contribution in [0.2, 0.25) is 0 Å². The first-order valence-corrected chi connectivity index (χ1v) is 7.96. The molecule has 6 heteroatoms. The summed E-state index contributed by atoms with van der Waals surface area (Å²) in [6.45, 7) is 4.86. The molecule has 0 saturated carbocycles. The Kier molecular flexibility index (Phi) is 4.66. The van der Waals surface area contributed by atoms with E-state index in [1.165, 1.54) is 6.26 Å². The van der Waals surface area contributed by atoms with Gasteiger partial charge >= 0.3 is 0 Å². The van der Waals surface area contributed by atoms with Crippen LogP contribution in [0.5, 0.6) is 0 Å². The molecule has 0 spiro atoms. The zero-order chi connectivity index (χ0) is 17.8. The molecule has 1 aromatic carbocycles. The molecule has 2 aromatic heterocycles. The van der Waals surface area contributed by atoms with Crippen molar-refractivity contribution in [2.45, 2.75) is 13.8 Å². The lowest BCUT2D eigenvalue weighted by atomic mass is 10.0. The van der Waals surface area contributed by atoms with Gasteiger partial charge in [-0.2, -0.15) is 5.26 Å². The van der Waals surface area contributed by atoms with E-state index in [0.29, 0.717) is 24.5 Å². The van der Waals surface area contributed by atoms with Crippen molar-refractivity contribution in [1.29, 1.82) is 5.26 Å². The largest absolute Gasteiger partial charge is 0.459 e. The lowest BCUT2D eigenvalue weighted by Gasteiger charge is -2.11. The highest BCUT2D eigenvalue weighted by Gasteiger charge is 2.10. The molecular formula is C19H18N4O2. The zero-order valence-electron chi connectivity index (χ0n) is 14.1. The van der Waals surface area contributed by atoms with Crippen LogP contribution >= 0.6 is 0 Å². The topological polar surface area (TPSA) is 91.0 Å². The highest BCUT2D eigenvalue weighted by atomic mass is 16.3. The van der Waals surface area contributed by atoms with Crippen LogP contribution in [0.25, 0.3) is 10.9 Å². The van der Waals surface area contributed by atoms with Crippen molar-refractivity contribution in [3.8, 4) is 6.07 Å². The number of amides is 1. The molecule has 0 aliphatic heterocycles. The van der Waals surface area contributed by atoms with Crippen molar-refractivity contribution in [3.63, 3.8) is 0 Å². The number of carbonyl (C=O) groups is 1. The summed E-state index contributed by atoms with van der Waals surface area (Å²) in [6.07, 6.45) is 1.45. The molecule has 1 amide bonds. The SMILES string of the molecule is Cc1cc(C)c2cc(C#N)c(NCCNC(=O)c3ccco3)nc2c1. The molecule has 0 aliphatic rings. The Bertz CT molecular complexity index is 956. The molecule has 2 heterocycles. The number of carbonyl (C=O) groups excluding carboxylic acids is 1. The van der Waals surface area contributed by atoms with E-state index in [1.807, 2.05) is 26.0 Å². The number of aromatic nitrogens is 1. The van der Waals surface area contributed by atoms with E-state index in [9.17, 15) is 10.1 Å². The minimum Gasteiger partial charge on any atom is -0.459 e. The van der Waals surface area contributed by atoms with Crippen molar-refractivity contribution >= 4 is 22.6 Å². The van der Waals surface area contributed by atoms with Gasteiger partial charge in [0.15, 0.2) is 5.76 Å². The number of furan rings is 1. The van der Waals surface area contributed by atoms with E-state index in [0.717, 1.165) is 22.0 Å². The van der Waals surface area contributed by atoms with Gasteiger partial charge in [-0.15, -0.1) is 0 Å². The summed E-state index contributed by atoms with van der Waals surface area (Å²) < 4.78 is 5.03. The number of benzene rings is 1. The number of hydrogen-bond acceptors (Lipinski definition) is 5. The normalized spacial score (nSPS) is 10.4. The molecule has 6 nitrogen and oxygen atoms in total. The second-order valence-corrected chi connectivity index (χ2v) is 5.80. The number of nitrogens with zero attached hydrogens (tertiary/aromatic N) is 2. The average Bonchev–Trinajstić information content (AvgIpc) is 3.12. The van der Waals surface area contributed by atoms with Gasteiger partial charge in [-0.25, -0.2) is 4.98 Å². The van der Waals surface area contributed by atoms with Crippen molar-refractivity contribution in [2.24, 2.45) is 0 Å². The highest BCUT2D eigenvalue weighted by Crippen LogP contribution is 2.24. The predicted molar refractivity (Wildman–Crippen MR) is 95.5 cm³/mol. The Labute approximate surface area is 145 Å². The van der Waals surface area contributed by atoms with Gasteiger partial charge in [-0.3, -0.25) is 4.79 Å². The average molecular weight is 334 g/mol. The molecule has 0 radical (unpaired) electrons. The van der Waals surface area contributed by atoms with Crippen LogP contribution in [-0.4, -0.2) is 24.0 Å². The van der Waals surface area contributed by atoms with Crippen molar-refractivity contribution in [3.05, 3.63) is 59.0 Å². The fourth-order valence-electron chi connectivity index (χ4n) is 2.70. The Balaban J connectivity index is 1.70. The minimum absolute atomic E-state index is 0.271. The van der Waals surface area contributed by atoms with Crippen LogP contribution < -0.4 is 10.6 Å². The molecule has 0 bridgehead atoms. The number of nitriles is 1. The van der Waals surface area contributed by atoms with Gasteiger partial charge in [0.2, 0.25) is 0 Å². The van der Waals surface area contributed by atoms with E-state index >= 15 is 0 Å². The fraction of sp³-hybridized carbons (Fsp3) is 0.211. The smallest absolute Gasteiger partial charge is 0.287 e. The third-order valence-corrected chi connectivity index (χ3v) is 3.85. The van der Waals surface area contributed by atoms with E-state index in [1.54, 1.807) is 12.1 Å². The van der Waals surface area contributed by atoms with Crippen LogP contribution in [0.3, 0.4) is 0 Å². The number of nitrogens with one attached hydrogen (secondary N) is 2. The van der Waals surface area contributed by atoms with Gasteiger partial charge in [-0.1, -0.05) is 6.07 Å². The van der Waals surface area contributed by atoms with Crippen LogP contribution in [0.1, 0.15) is 27.2 Å². The number of aryl methyl sites for hydroxylation is 2. The molecule has 3 aromatic rings. The maximum Gasteiger partial charge on any atom is 0.287 e. The summed E-state index contributed by atoms with van der Waals surface area (Å²) in [5.74, 6) is 0.518. The van der Waals surface area contributed by atoms with Gasteiger partial charge in [0, 0.05) is 18.5 Å². The number of pyridine rings is 1. The maximum absolute atomic E-state index is 11.8. The second kappa shape index (κ2) is 7.05. The lowest BCUT2D eigenvalue weighted by Crippen LogP contribution is -2.28. The summed E-state index contributed by atoms with van der Waals surface area (Å²) >= 11 is 0. The Hall–Kier alpha value is -3.33. The monoisotopic (exact) mass is 334 g/mol. The molecule has 2 N–H and O–H groups in total. The van der Waals surface area contributed by atoms with Crippen molar-refractivity contribution in [2.75, 3.05) is 18.4 Å². The third-order valence-electron chi connectivity index (χ3n) is 3.85. The van der Waals surface area contributed by atoms with Crippen molar-refractivity contribution in [1.82, 2.24) is 10.3 Å². The molecule has 0 unspecified atom stereocenters. The van der Waals surface area contributed by atoms with Gasteiger partial charge in [0.1, 0.15) is 11.9 Å². The summed E-state index contributed by atoms with van der Waals surface area (Å²) in [5, 5.41) is 16.2. The second-order valence-electron chi connectivity index (χ2n) is 5.80. The molecular weight excluding hydrogens is 316 g/mol. The van der Waals surface area contributed by atoms with Gasteiger partial charge in [0.25, 0.3) is 5.91 Å². The molecule has 126 valence electrons. The standard InChI is InChI=1S/C19H18N4O2/c1-12-8-13(2)15-10-14(11-20)18(23-16(15)9-12)21-5-6-22-19(24)17-4-3-7-25-17/h3-4,7-10H,5-6H2,1-2H3,(H,21,23)(H,22,24). The van der Waals surface area contributed by atoms with Gasteiger partial charge in [-0.05, 0) is 49.2 Å². The lowest BCUT2D eigenvalue weighted by molar-refractivity contribution is 0.0927. The van der Waals surface area contributed by atoms with E-state index < -0.39 is 0 Å². The first-order chi connectivity index (χ1) is 12.1. The minimum atomic E-state index is -0.273. The third kappa shape index (κ3) is 3.61. The summed E-state index contributed by atoms with van der Waals surface area (Å²) in [7, 11) is 0. The van der Waals surface area contributed by atoms with Crippen LogP contribution in [0.15, 0.2) is 41.0 Å². The first kappa shape index (κ1) is 16.5. The summed E-state index contributed by atoms with van der Waals surface area (Å²) in [6, 6.07) is 11.4. The maximum atomic E-state index is 11.8. The number of hydrogen-bond donors (Lipinski definition) is 2. The summed E-state index contributed by atoms with van der Waals surface area (Å²) in [4.78, 5) is 16.4. The van der Waals surface area contributed by atoms with Crippen LogP contribution in [0, 0.1) is 25.2 Å². The molecule has 0 atom stereocenters. The van der Waals surface area contributed by atoms with Crippen molar-refractivity contribution < 1.29 is 9.21 Å². The Morgan fingerprint density at radius 3 is 2.84 bits per heavy atom. The highest BCUT2D eigenvalue weighted by molar-refractivity contribution is 5.91. The molecule has 3 rings (SSSR count). The van der Waals surface area contributed by atoms with E-state index in [-0.39, 0.29) is 11.7 Å². The summed E-state index contributed by atoms with van der Waals surface area (Å²) in [5.41, 5.74) is 3.55. The molecule has 0 aliphatic carbocycles. The van der Waals surface area contributed by atoms with Gasteiger partial charge in [0.05, 0.1) is 17.3 Å². The number of rotatable bonds is 5. The van der Waals surface area contributed by atoms with Crippen LogP contribution in [0.4, 0.5) is 5.82 Å². The molecule has 0 fully saturated rings. The van der Waals surface area contributed by atoms with E-state index in [4.69, 9.17) is 4.42 Å². The number of anilines is 1. The van der Waals surface area contributed by atoms with Crippen LogP contribution in [-0.2, 0) is 0 Å². The molecule has 25 heavy (non-hydrogen) atoms. The predicted octanol–water partition coefficient (Wildman–Crippen LogP) is 3.16. The van der Waals surface area contributed by atoms with E-state index in [2.05, 4.69) is 27.8 Å². The zero-order valence-corrected chi connectivity index (χ0v) is 14.1.